The highest BCUT2D eigenvalue weighted by Gasteiger charge is 2.31. The van der Waals surface area contributed by atoms with Gasteiger partial charge >= 0.3 is 0 Å². The van der Waals surface area contributed by atoms with E-state index in [4.69, 9.17) is 4.74 Å². The van der Waals surface area contributed by atoms with E-state index in [-0.39, 0.29) is 10.8 Å². The van der Waals surface area contributed by atoms with E-state index in [9.17, 15) is 0 Å². The minimum absolute atomic E-state index is 0.207. The van der Waals surface area contributed by atoms with E-state index < -0.39 is 0 Å². The lowest BCUT2D eigenvalue weighted by molar-refractivity contribution is 0.0782. The number of thioether (sulfide) groups is 1. The molecule has 0 spiro atoms. The summed E-state index contributed by atoms with van der Waals surface area (Å²) in [6.07, 6.45) is 6.99. The van der Waals surface area contributed by atoms with Gasteiger partial charge < -0.3 is 20.3 Å². The van der Waals surface area contributed by atoms with E-state index in [1.165, 1.54) is 37.2 Å². The standard InChI is InChI=1S/C21H34N4OS/c1-17(18-7-6-8-19(15-18)25-11-4-5-12-25)24-20(22-2)23-16-21(27-3)9-13-26-14-10-21/h6-8,15,17H,4-5,9-14,16H2,1-3H3,(H2,22,23,24). The van der Waals surface area contributed by atoms with Crippen LogP contribution in [0.15, 0.2) is 29.3 Å². The number of anilines is 1. The van der Waals surface area contributed by atoms with Gasteiger partial charge in [0, 0.05) is 50.3 Å². The molecule has 2 N–H and O–H groups in total. The van der Waals surface area contributed by atoms with Crippen molar-refractivity contribution in [3.05, 3.63) is 29.8 Å². The molecule has 150 valence electrons. The van der Waals surface area contributed by atoms with Crippen LogP contribution < -0.4 is 15.5 Å². The number of nitrogens with one attached hydrogen (secondary N) is 2. The zero-order chi connectivity index (χ0) is 19.1. The molecule has 5 nitrogen and oxygen atoms in total. The molecule has 0 aromatic heterocycles. The normalized spacial score (nSPS) is 21.1. The summed E-state index contributed by atoms with van der Waals surface area (Å²) in [6, 6.07) is 9.12. The van der Waals surface area contributed by atoms with Crippen molar-refractivity contribution in [3.63, 3.8) is 0 Å². The van der Waals surface area contributed by atoms with Crippen LogP contribution in [0.2, 0.25) is 0 Å². The average Bonchev–Trinajstić information content (AvgIpc) is 3.26. The van der Waals surface area contributed by atoms with Gasteiger partial charge in [-0.05, 0) is 56.6 Å². The Bertz CT molecular complexity index is 624. The first-order valence-corrected chi connectivity index (χ1v) is 11.3. The first kappa shape index (κ1) is 20.3. The Balaban J connectivity index is 1.58. The monoisotopic (exact) mass is 390 g/mol. The SMILES string of the molecule is CN=C(NCC1(SC)CCOCC1)NC(C)c1cccc(N2CCCC2)c1. The molecular weight excluding hydrogens is 356 g/mol. The number of ether oxygens (including phenoxy) is 1. The van der Waals surface area contributed by atoms with Gasteiger partial charge in [0.1, 0.15) is 0 Å². The van der Waals surface area contributed by atoms with Gasteiger partial charge in [-0.1, -0.05) is 12.1 Å². The minimum atomic E-state index is 0.207. The Morgan fingerprint density at radius 3 is 2.70 bits per heavy atom. The summed E-state index contributed by atoms with van der Waals surface area (Å²) < 4.78 is 5.79. The summed E-state index contributed by atoms with van der Waals surface area (Å²) in [5, 5.41) is 7.11. The fourth-order valence-electron chi connectivity index (χ4n) is 3.89. The van der Waals surface area contributed by atoms with Crippen LogP contribution in [0, 0.1) is 0 Å². The second kappa shape index (κ2) is 9.69. The Hall–Kier alpha value is -1.40. The number of aliphatic imine (C=N–C) groups is 1. The Labute approximate surface area is 168 Å². The lowest BCUT2D eigenvalue weighted by atomic mass is 9.99. The summed E-state index contributed by atoms with van der Waals surface area (Å²) in [5.74, 6) is 0.869. The zero-order valence-electron chi connectivity index (χ0n) is 17.0. The topological polar surface area (TPSA) is 48.9 Å². The third kappa shape index (κ3) is 5.32. The maximum absolute atomic E-state index is 5.54. The van der Waals surface area contributed by atoms with Gasteiger partial charge in [0.2, 0.25) is 0 Å². The Kier molecular flexibility index (Phi) is 7.30. The van der Waals surface area contributed by atoms with E-state index in [0.717, 1.165) is 38.6 Å². The number of nitrogens with zero attached hydrogens (tertiary/aromatic N) is 2. The van der Waals surface area contributed by atoms with Crippen LogP contribution in [-0.4, -0.2) is 56.9 Å². The third-order valence-electron chi connectivity index (χ3n) is 5.83. The molecule has 3 rings (SSSR count). The molecule has 0 bridgehead atoms. The molecule has 6 heteroatoms. The van der Waals surface area contributed by atoms with E-state index >= 15 is 0 Å². The fourth-order valence-corrected chi connectivity index (χ4v) is 4.68. The van der Waals surface area contributed by atoms with Gasteiger partial charge in [-0.15, -0.1) is 0 Å². The van der Waals surface area contributed by atoms with E-state index in [1.54, 1.807) is 0 Å². The second-order valence-electron chi connectivity index (χ2n) is 7.58. The molecule has 1 aromatic rings. The highest BCUT2D eigenvalue weighted by Crippen LogP contribution is 2.33. The van der Waals surface area contributed by atoms with E-state index in [2.05, 4.69) is 58.0 Å². The van der Waals surface area contributed by atoms with Crippen molar-refractivity contribution in [2.45, 2.75) is 43.4 Å². The van der Waals surface area contributed by atoms with Gasteiger partial charge in [-0.25, -0.2) is 0 Å². The van der Waals surface area contributed by atoms with Gasteiger partial charge in [-0.3, -0.25) is 4.99 Å². The number of hydrogen-bond acceptors (Lipinski definition) is 4. The molecule has 2 saturated heterocycles. The summed E-state index contributed by atoms with van der Waals surface area (Å²) in [4.78, 5) is 6.93. The predicted octanol–water partition coefficient (Wildman–Crippen LogP) is 3.43. The van der Waals surface area contributed by atoms with Crippen LogP contribution >= 0.6 is 11.8 Å². The summed E-state index contributed by atoms with van der Waals surface area (Å²) >= 11 is 1.95. The molecule has 2 heterocycles. The van der Waals surface area contributed by atoms with Gasteiger partial charge in [-0.2, -0.15) is 11.8 Å². The van der Waals surface area contributed by atoms with Gasteiger partial charge in [0.05, 0.1) is 6.04 Å². The Morgan fingerprint density at radius 2 is 2.04 bits per heavy atom. The van der Waals surface area contributed by atoms with Crippen LogP contribution in [0.5, 0.6) is 0 Å². The lowest BCUT2D eigenvalue weighted by Crippen LogP contribution is -2.48. The molecular formula is C21H34N4OS. The largest absolute Gasteiger partial charge is 0.381 e. The van der Waals surface area contributed by atoms with Crippen LogP contribution in [0.25, 0.3) is 0 Å². The van der Waals surface area contributed by atoms with Crippen molar-refractivity contribution in [1.82, 2.24) is 10.6 Å². The second-order valence-corrected chi connectivity index (χ2v) is 8.85. The predicted molar refractivity (Wildman–Crippen MR) is 117 cm³/mol. The summed E-state index contributed by atoms with van der Waals surface area (Å²) in [6.45, 7) is 7.18. The Morgan fingerprint density at radius 1 is 1.30 bits per heavy atom. The molecule has 2 aliphatic heterocycles. The van der Waals surface area contributed by atoms with Crippen LogP contribution in [0.1, 0.15) is 44.2 Å². The molecule has 1 aromatic carbocycles. The van der Waals surface area contributed by atoms with Crippen molar-refractivity contribution in [3.8, 4) is 0 Å². The molecule has 2 aliphatic rings. The first-order valence-electron chi connectivity index (χ1n) is 10.1. The van der Waals surface area contributed by atoms with Gasteiger partial charge in [0.25, 0.3) is 0 Å². The van der Waals surface area contributed by atoms with Crippen LogP contribution in [0.4, 0.5) is 5.69 Å². The molecule has 2 fully saturated rings. The minimum Gasteiger partial charge on any atom is -0.381 e. The van der Waals surface area contributed by atoms with Crippen molar-refractivity contribution in [2.24, 2.45) is 4.99 Å². The van der Waals surface area contributed by atoms with Crippen molar-refractivity contribution in [1.29, 1.82) is 0 Å². The number of rotatable bonds is 6. The number of guanidine groups is 1. The fraction of sp³-hybridized carbons (Fsp3) is 0.667. The maximum Gasteiger partial charge on any atom is 0.191 e. The highest BCUT2D eigenvalue weighted by atomic mass is 32.2. The first-order chi connectivity index (χ1) is 13.2. The molecule has 1 unspecified atom stereocenters. The summed E-state index contributed by atoms with van der Waals surface area (Å²) in [5.41, 5.74) is 2.64. The van der Waals surface area contributed by atoms with Crippen LogP contribution in [0.3, 0.4) is 0 Å². The molecule has 1 atom stereocenters. The number of benzene rings is 1. The van der Waals surface area contributed by atoms with Crippen molar-refractivity contribution in [2.75, 3.05) is 51.1 Å². The van der Waals surface area contributed by atoms with Crippen LogP contribution in [-0.2, 0) is 4.74 Å². The van der Waals surface area contributed by atoms with E-state index in [1.807, 2.05) is 18.8 Å². The molecule has 0 amide bonds. The third-order valence-corrected chi connectivity index (χ3v) is 7.25. The van der Waals surface area contributed by atoms with E-state index in [0.29, 0.717) is 0 Å². The maximum atomic E-state index is 5.54. The molecule has 0 saturated carbocycles. The zero-order valence-corrected chi connectivity index (χ0v) is 17.8. The van der Waals surface area contributed by atoms with Crippen molar-refractivity contribution >= 4 is 23.4 Å². The number of hydrogen-bond donors (Lipinski definition) is 2. The van der Waals surface area contributed by atoms with Gasteiger partial charge in [0.15, 0.2) is 5.96 Å². The average molecular weight is 391 g/mol. The molecule has 27 heavy (non-hydrogen) atoms. The molecule has 0 aliphatic carbocycles. The quantitative estimate of drug-likeness (QED) is 0.576. The lowest BCUT2D eigenvalue weighted by Gasteiger charge is -2.36. The molecule has 0 radical (unpaired) electrons. The summed E-state index contributed by atoms with van der Waals surface area (Å²) in [7, 11) is 1.85. The smallest absolute Gasteiger partial charge is 0.191 e. The van der Waals surface area contributed by atoms with Crippen molar-refractivity contribution < 1.29 is 4.74 Å². The highest BCUT2D eigenvalue weighted by molar-refractivity contribution is 8.00.